The van der Waals surface area contributed by atoms with Gasteiger partial charge < -0.3 is 10.4 Å². The molecule has 6 heteroatoms. The fraction of sp³-hybridized carbons (Fsp3) is 0.143. The Balaban J connectivity index is 2.31. The summed E-state index contributed by atoms with van der Waals surface area (Å²) in [5.41, 5.74) is 1.00. The highest BCUT2D eigenvalue weighted by Gasteiger charge is 2.17. The smallest absolute Gasteiger partial charge is 0.296 e. The summed E-state index contributed by atoms with van der Waals surface area (Å²) in [7, 11) is 0. The predicted molar refractivity (Wildman–Crippen MR) is 78.3 cm³/mol. The third-order valence-corrected chi connectivity index (χ3v) is 3.27. The van der Waals surface area contributed by atoms with Crippen LogP contribution in [0.25, 0.3) is 0 Å². The zero-order valence-electron chi connectivity index (χ0n) is 10.7. The molecule has 5 nitrogen and oxygen atoms in total. The first-order chi connectivity index (χ1) is 9.49. The third kappa shape index (κ3) is 3.00. The van der Waals surface area contributed by atoms with Crippen LogP contribution in [0.5, 0.6) is 5.75 Å². The van der Waals surface area contributed by atoms with E-state index >= 15 is 0 Å². The normalized spacial score (nSPS) is 11.9. The molecule has 104 valence electrons. The van der Waals surface area contributed by atoms with Crippen LogP contribution >= 0.6 is 11.6 Å². The van der Waals surface area contributed by atoms with Gasteiger partial charge in [-0.15, -0.1) is 0 Å². The molecule has 0 saturated carbocycles. The van der Waals surface area contributed by atoms with Crippen molar-refractivity contribution in [1.82, 2.24) is 0 Å². The Morgan fingerprint density at radius 1 is 1.30 bits per heavy atom. The summed E-state index contributed by atoms with van der Waals surface area (Å²) in [6.07, 6.45) is 0. The molecule has 1 unspecified atom stereocenters. The summed E-state index contributed by atoms with van der Waals surface area (Å²) >= 11 is 6.10. The molecule has 0 bridgehead atoms. The van der Waals surface area contributed by atoms with Gasteiger partial charge in [0.05, 0.1) is 17.0 Å². The Hall–Kier alpha value is -2.27. The van der Waals surface area contributed by atoms with Crippen molar-refractivity contribution in [2.45, 2.75) is 13.0 Å². The highest BCUT2D eigenvalue weighted by atomic mass is 35.5. The van der Waals surface area contributed by atoms with Crippen LogP contribution in [-0.2, 0) is 0 Å². The lowest BCUT2D eigenvalue weighted by Gasteiger charge is -2.17. The van der Waals surface area contributed by atoms with E-state index in [0.717, 1.165) is 11.6 Å². The SMILES string of the molecule is CC(Nc1ccc(O)cc1[N+](=O)[O-])c1ccccc1Cl. The van der Waals surface area contributed by atoms with Crippen LogP contribution in [0.3, 0.4) is 0 Å². The number of anilines is 1. The van der Waals surface area contributed by atoms with Crippen molar-refractivity contribution in [3.8, 4) is 5.75 Å². The van der Waals surface area contributed by atoms with E-state index in [0.29, 0.717) is 10.7 Å². The van der Waals surface area contributed by atoms with Crippen molar-refractivity contribution in [3.05, 3.63) is 63.2 Å². The summed E-state index contributed by atoms with van der Waals surface area (Å²) in [6, 6.07) is 11.1. The van der Waals surface area contributed by atoms with E-state index in [-0.39, 0.29) is 17.5 Å². The lowest BCUT2D eigenvalue weighted by Crippen LogP contribution is -2.08. The van der Waals surface area contributed by atoms with Gasteiger partial charge in [0, 0.05) is 5.02 Å². The molecule has 0 fully saturated rings. The molecule has 0 saturated heterocycles. The zero-order chi connectivity index (χ0) is 14.7. The molecule has 0 aliphatic rings. The van der Waals surface area contributed by atoms with E-state index in [1.807, 2.05) is 25.1 Å². The lowest BCUT2D eigenvalue weighted by molar-refractivity contribution is -0.384. The predicted octanol–water partition coefficient (Wildman–Crippen LogP) is 4.13. The number of aromatic hydroxyl groups is 1. The first kappa shape index (κ1) is 14.1. The number of phenolic OH excluding ortho intramolecular Hbond substituents is 1. The van der Waals surface area contributed by atoms with E-state index in [1.54, 1.807) is 6.07 Å². The number of nitro groups is 1. The van der Waals surface area contributed by atoms with Crippen molar-refractivity contribution < 1.29 is 10.0 Å². The van der Waals surface area contributed by atoms with Crippen LogP contribution in [0.2, 0.25) is 5.02 Å². The Labute approximate surface area is 121 Å². The van der Waals surface area contributed by atoms with Gasteiger partial charge in [0.25, 0.3) is 5.69 Å². The molecule has 0 amide bonds. The average Bonchev–Trinajstić information content (AvgIpc) is 2.41. The molecule has 2 aromatic carbocycles. The van der Waals surface area contributed by atoms with Crippen molar-refractivity contribution in [3.63, 3.8) is 0 Å². The Kier molecular flexibility index (Phi) is 4.10. The maximum atomic E-state index is 11.0. The monoisotopic (exact) mass is 292 g/mol. The quantitative estimate of drug-likeness (QED) is 0.505. The van der Waals surface area contributed by atoms with Gasteiger partial charge in [-0.1, -0.05) is 29.8 Å². The molecular formula is C14H13ClN2O3. The minimum absolute atomic E-state index is 0.146. The van der Waals surface area contributed by atoms with Crippen LogP contribution in [0.1, 0.15) is 18.5 Å². The second kappa shape index (κ2) is 5.79. The number of nitrogens with zero attached hydrogens (tertiary/aromatic N) is 1. The number of hydrogen-bond donors (Lipinski definition) is 2. The molecule has 0 radical (unpaired) electrons. The maximum Gasteiger partial charge on any atom is 0.296 e. The zero-order valence-corrected chi connectivity index (χ0v) is 11.5. The molecule has 0 aliphatic carbocycles. The number of phenols is 1. The molecule has 2 N–H and O–H groups in total. The number of benzene rings is 2. The Morgan fingerprint density at radius 3 is 2.65 bits per heavy atom. The van der Waals surface area contributed by atoms with E-state index in [2.05, 4.69) is 5.32 Å². The van der Waals surface area contributed by atoms with E-state index in [4.69, 9.17) is 11.6 Å². The highest BCUT2D eigenvalue weighted by molar-refractivity contribution is 6.31. The molecular weight excluding hydrogens is 280 g/mol. The standard InChI is InChI=1S/C14H13ClN2O3/c1-9(11-4-2-3-5-12(11)15)16-13-7-6-10(18)8-14(13)17(19)20/h2-9,16,18H,1H3. The largest absolute Gasteiger partial charge is 0.508 e. The molecule has 2 aromatic rings. The van der Waals surface area contributed by atoms with Crippen molar-refractivity contribution in [1.29, 1.82) is 0 Å². The summed E-state index contributed by atoms with van der Waals surface area (Å²) < 4.78 is 0. The van der Waals surface area contributed by atoms with Crippen LogP contribution in [0.4, 0.5) is 11.4 Å². The number of nitro benzene ring substituents is 1. The van der Waals surface area contributed by atoms with Gasteiger partial charge in [-0.05, 0) is 30.7 Å². The minimum Gasteiger partial charge on any atom is -0.508 e. The third-order valence-electron chi connectivity index (χ3n) is 2.92. The summed E-state index contributed by atoms with van der Waals surface area (Å²) in [5, 5.41) is 23.9. The average molecular weight is 293 g/mol. The van der Waals surface area contributed by atoms with Crippen LogP contribution in [-0.4, -0.2) is 10.0 Å². The highest BCUT2D eigenvalue weighted by Crippen LogP contribution is 2.32. The van der Waals surface area contributed by atoms with Gasteiger partial charge in [-0.3, -0.25) is 10.1 Å². The molecule has 1 atom stereocenters. The first-order valence-corrected chi connectivity index (χ1v) is 6.35. The fourth-order valence-electron chi connectivity index (χ4n) is 1.93. The van der Waals surface area contributed by atoms with Crippen molar-refractivity contribution >= 4 is 23.0 Å². The molecule has 0 spiro atoms. The number of nitrogens with one attached hydrogen (secondary N) is 1. The van der Waals surface area contributed by atoms with Gasteiger partial charge in [0.1, 0.15) is 11.4 Å². The van der Waals surface area contributed by atoms with Gasteiger partial charge in [0.15, 0.2) is 0 Å². The van der Waals surface area contributed by atoms with Gasteiger partial charge in [-0.2, -0.15) is 0 Å². The Bertz CT molecular complexity index is 646. The molecule has 0 heterocycles. The number of halogens is 1. The summed E-state index contributed by atoms with van der Waals surface area (Å²) in [4.78, 5) is 10.4. The molecule has 2 rings (SSSR count). The van der Waals surface area contributed by atoms with Gasteiger partial charge >= 0.3 is 0 Å². The Morgan fingerprint density at radius 2 is 2.00 bits per heavy atom. The van der Waals surface area contributed by atoms with Crippen molar-refractivity contribution in [2.75, 3.05) is 5.32 Å². The lowest BCUT2D eigenvalue weighted by atomic mass is 10.1. The summed E-state index contributed by atoms with van der Waals surface area (Å²) in [5.74, 6) is -0.146. The van der Waals surface area contributed by atoms with Crippen LogP contribution in [0.15, 0.2) is 42.5 Å². The first-order valence-electron chi connectivity index (χ1n) is 5.97. The van der Waals surface area contributed by atoms with Crippen LogP contribution < -0.4 is 5.32 Å². The van der Waals surface area contributed by atoms with Gasteiger partial charge in [-0.25, -0.2) is 0 Å². The summed E-state index contributed by atoms with van der Waals surface area (Å²) in [6.45, 7) is 1.86. The second-order valence-corrected chi connectivity index (χ2v) is 4.75. The van der Waals surface area contributed by atoms with Crippen LogP contribution in [0, 0.1) is 10.1 Å². The molecule has 0 aliphatic heterocycles. The fourth-order valence-corrected chi connectivity index (χ4v) is 2.23. The molecule has 0 aromatic heterocycles. The number of rotatable bonds is 4. The number of hydrogen-bond acceptors (Lipinski definition) is 4. The minimum atomic E-state index is -0.540. The van der Waals surface area contributed by atoms with Gasteiger partial charge in [0.2, 0.25) is 0 Å². The molecule has 20 heavy (non-hydrogen) atoms. The maximum absolute atomic E-state index is 11.0. The van der Waals surface area contributed by atoms with E-state index in [9.17, 15) is 15.2 Å². The van der Waals surface area contributed by atoms with Crippen molar-refractivity contribution in [2.24, 2.45) is 0 Å². The topological polar surface area (TPSA) is 75.4 Å². The van der Waals surface area contributed by atoms with E-state index < -0.39 is 4.92 Å². The second-order valence-electron chi connectivity index (χ2n) is 4.35. The van der Waals surface area contributed by atoms with E-state index in [1.165, 1.54) is 12.1 Å².